The molecule has 3 nitrogen and oxygen atoms in total. The van der Waals surface area contributed by atoms with Crippen LogP contribution in [0, 0.1) is 0 Å². The van der Waals surface area contributed by atoms with Crippen LogP contribution in [-0.2, 0) is 5.60 Å². The highest BCUT2D eigenvalue weighted by atomic mass is 32.1. The van der Waals surface area contributed by atoms with Gasteiger partial charge in [-0.1, -0.05) is 12.1 Å². The number of nitrogens with zero attached hydrogens (tertiary/aromatic N) is 1. The Bertz CT molecular complexity index is 346. The van der Waals surface area contributed by atoms with E-state index in [2.05, 4.69) is 5.16 Å². The number of thiophene rings is 1. The standard InChI is InChI=1S/C10H11NO2S/c1-2-10(12,8-3-4-14-7-8)9-5-11-13-6-9/h3-7,12H,2H2,1H3. The lowest BCUT2D eigenvalue weighted by Crippen LogP contribution is -2.24. The van der Waals surface area contributed by atoms with Crippen molar-refractivity contribution in [3.05, 3.63) is 40.4 Å². The van der Waals surface area contributed by atoms with Crippen LogP contribution in [0.25, 0.3) is 0 Å². The molecule has 4 heteroatoms. The van der Waals surface area contributed by atoms with Gasteiger partial charge in [0.2, 0.25) is 0 Å². The molecule has 1 atom stereocenters. The fraction of sp³-hybridized carbons (Fsp3) is 0.300. The first-order valence-corrected chi connectivity index (χ1v) is 5.36. The van der Waals surface area contributed by atoms with Gasteiger partial charge < -0.3 is 9.63 Å². The van der Waals surface area contributed by atoms with Crippen LogP contribution in [0.15, 0.2) is 33.8 Å². The van der Waals surface area contributed by atoms with Crippen molar-refractivity contribution in [2.24, 2.45) is 0 Å². The van der Waals surface area contributed by atoms with Crippen LogP contribution in [-0.4, -0.2) is 10.3 Å². The van der Waals surface area contributed by atoms with E-state index in [-0.39, 0.29) is 0 Å². The molecule has 14 heavy (non-hydrogen) atoms. The third-order valence-corrected chi connectivity index (χ3v) is 3.10. The Morgan fingerprint density at radius 3 is 2.93 bits per heavy atom. The molecule has 0 aliphatic heterocycles. The highest BCUT2D eigenvalue weighted by Gasteiger charge is 2.31. The summed E-state index contributed by atoms with van der Waals surface area (Å²) in [6.07, 6.45) is 3.65. The van der Waals surface area contributed by atoms with Crippen molar-refractivity contribution in [2.45, 2.75) is 18.9 Å². The van der Waals surface area contributed by atoms with Gasteiger partial charge in [0, 0.05) is 5.56 Å². The SMILES string of the molecule is CCC(O)(c1cnoc1)c1ccsc1. The zero-order chi connectivity index (χ0) is 10.0. The van der Waals surface area contributed by atoms with Gasteiger partial charge in [-0.15, -0.1) is 0 Å². The summed E-state index contributed by atoms with van der Waals surface area (Å²) in [7, 11) is 0. The summed E-state index contributed by atoms with van der Waals surface area (Å²) in [6, 6.07) is 1.92. The summed E-state index contributed by atoms with van der Waals surface area (Å²) in [5.41, 5.74) is 0.645. The van der Waals surface area contributed by atoms with Gasteiger partial charge in [0.25, 0.3) is 0 Å². The van der Waals surface area contributed by atoms with Gasteiger partial charge in [-0.2, -0.15) is 11.3 Å². The van der Waals surface area contributed by atoms with E-state index in [1.54, 1.807) is 17.5 Å². The van der Waals surface area contributed by atoms with Crippen LogP contribution >= 0.6 is 11.3 Å². The number of aliphatic hydroxyl groups is 1. The van der Waals surface area contributed by atoms with Crippen molar-refractivity contribution in [3.63, 3.8) is 0 Å². The molecule has 0 radical (unpaired) electrons. The molecule has 0 fully saturated rings. The Labute approximate surface area is 86.0 Å². The third kappa shape index (κ3) is 1.36. The fourth-order valence-electron chi connectivity index (χ4n) is 1.48. The summed E-state index contributed by atoms with van der Waals surface area (Å²) in [5, 5.41) is 18.0. The maximum Gasteiger partial charge on any atom is 0.130 e. The second-order valence-electron chi connectivity index (χ2n) is 3.14. The maximum atomic E-state index is 10.4. The molecule has 0 saturated carbocycles. The molecule has 0 amide bonds. The average Bonchev–Trinajstić information content (AvgIpc) is 2.88. The molecule has 0 spiro atoms. The van der Waals surface area contributed by atoms with E-state index in [1.807, 2.05) is 23.8 Å². The second-order valence-corrected chi connectivity index (χ2v) is 3.92. The first-order valence-electron chi connectivity index (χ1n) is 4.42. The highest BCUT2D eigenvalue weighted by Crippen LogP contribution is 2.33. The van der Waals surface area contributed by atoms with Crippen LogP contribution in [0.4, 0.5) is 0 Å². The minimum atomic E-state index is -0.958. The van der Waals surface area contributed by atoms with E-state index in [0.29, 0.717) is 12.0 Å². The number of hydrogen-bond donors (Lipinski definition) is 1. The normalized spacial score (nSPS) is 15.3. The molecule has 1 N–H and O–H groups in total. The van der Waals surface area contributed by atoms with E-state index >= 15 is 0 Å². The monoisotopic (exact) mass is 209 g/mol. The minimum absolute atomic E-state index is 0.602. The zero-order valence-electron chi connectivity index (χ0n) is 7.80. The van der Waals surface area contributed by atoms with Gasteiger partial charge in [0.05, 0.1) is 6.20 Å². The third-order valence-electron chi connectivity index (χ3n) is 2.42. The molecule has 0 aliphatic carbocycles. The lowest BCUT2D eigenvalue weighted by molar-refractivity contribution is 0.0763. The molecule has 2 rings (SSSR count). The first kappa shape index (κ1) is 9.43. The topological polar surface area (TPSA) is 46.3 Å². The van der Waals surface area contributed by atoms with Crippen LogP contribution < -0.4 is 0 Å². The second kappa shape index (κ2) is 3.55. The Hall–Kier alpha value is -1.13. The largest absolute Gasteiger partial charge is 0.380 e. The molecule has 2 aromatic rings. The Morgan fingerprint density at radius 2 is 2.43 bits per heavy atom. The minimum Gasteiger partial charge on any atom is -0.380 e. The highest BCUT2D eigenvalue weighted by molar-refractivity contribution is 7.08. The molecule has 0 aromatic carbocycles. The fourth-order valence-corrected chi connectivity index (χ4v) is 2.21. The lowest BCUT2D eigenvalue weighted by atomic mass is 9.88. The first-order chi connectivity index (χ1) is 6.77. The van der Waals surface area contributed by atoms with Crippen molar-refractivity contribution in [1.29, 1.82) is 0 Å². The molecule has 74 valence electrons. The Kier molecular flexibility index (Phi) is 2.39. The molecule has 0 aliphatic rings. The van der Waals surface area contributed by atoms with Crippen molar-refractivity contribution in [3.8, 4) is 0 Å². The van der Waals surface area contributed by atoms with Crippen LogP contribution in [0.5, 0.6) is 0 Å². The van der Waals surface area contributed by atoms with E-state index in [1.165, 1.54) is 6.26 Å². The average molecular weight is 209 g/mol. The van der Waals surface area contributed by atoms with Crippen LogP contribution in [0.3, 0.4) is 0 Å². The van der Waals surface area contributed by atoms with E-state index in [4.69, 9.17) is 4.52 Å². The van der Waals surface area contributed by atoms with E-state index in [0.717, 1.165) is 5.56 Å². The van der Waals surface area contributed by atoms with Crippen LogP contribution in [0.1, 0.15) is 24.5 Å². The van der Waals surface area contributed by atoms with Gasteiger partial charge >= 0.3 is 0 Å². The summed E-state index contributed by atoms with van der Waals surface area (Å²) < 4.78 is 4.75. The van der Waals surface area contributed by atoms with Gasteiger partial charge in [0.1, 0.15) is 11.9 Å². The van der Waals surface area contributed by atoms with Crippen molar-refractivity contribution >= 4 is 11.3 Å². The molecule has 0 bridgehead atoms. The van der Waals surface area contributed by atoms with Crippen molar-refractivity contribution in [1.82, 2.24) is 5.16 Å². The number of hydrogen-bond acceptors (Lipinski definition) is 4. The predicted octanol–water partition coefficient (Wildman–Crippen LogP) is 2.38. The quantitative estimate of drug-likeness (QED) is 0.844. The van der Waals surface area contributed by atoms with Crippen molar-refractivity contribution < 1.29 is 9.63 Å². The van der Waals surface area contributed by atoms with Crippen molar-refractivity contribution in [2.75, 3.05) is 0 Å². The molecule has 1 unspecified atom stereocenters. The number of rotatable bonds is 3. The molecule has 2 aromatic heterocycles. The molecular formula is C10H11NO2S. The van der Waals surface area contributed by atoms with Gasteiger partial charge in [-0.05, 0) is 28.8 Å². The maximum absolute atomic E-state index is 10.4. The Balaban J connectivity index is 2.45. The summed E-state index contributed by atoms with van der Waals surface area (Å²) in [5.74, 6) is 0. The molecule has 0 saturated heterocycles. The summed E-state index contributed by atoms with van der Waals surface area (Å²) >= 11 is 1.57. The summed E-state index contributed by atoms with van der Waals surface area (Å²) in [6.45, 7) is 1.94. The molecule has 2 heterocycles. The lowest BCUT2D eigenvalue weighted by Gasteiger charge is -2.23. The number of aromatic nitrogens is 1. The van der Waals surface area contributed by atoms with Crippen LogP contribution in [0.2, 0.25) is 0 Å². The predicted molar refractivity (Wildman–Crippen MR) is 54.1 cm³/mol. The smallest absolute Gasteiger partial charge is 0.130 e. The van der Waals surface area contributed by atoms with E-state index < -0.39 is 5.60 Å². The summed E-state index contributed by atoms with van der Waals surface area (Å²) in [4.78, 5) is 0. The van der Waals surface area contributed by atoms with Gasteiger partial charge in [-0.3, -0.25) is 0 Å². The molecular weight excluding hydrogens is 198 g/mol. The zero-order valence-corrected chi connectivity index (χ0v) is 8.62. The van der Waals surface area contributed by atoms with Gasteiger partial charge in [0.15, 0.2) is 0 Å². The van der Waals surface area contributed by atoms with E-state index in [9.17, 15) is 5.11 Å². The Morgan fingerprint density at radius 1 is 1.57 bits per heavy atom. The van der Waals surface area contributed by atoms with Gasteiger partial charge in [-0.25, -0.2) is 0 Å².